The monoisotopic (exact) mass is 454 g/mol. The van der Waals surface area contributed by atoms with E-state index in [0.29, 0.717) is 50.5 Å². The van der Waals surface area contributed by atoms with Gasteiger partial charge in [0.05, 0.1) is 18.6 Å². The molecule has 0 heterocycles. The number of carbonyl (C=O) groups is 3. The van der Waals surface area contributed by atoms with Gasteiger partial charge in [0.25, 0.3) is 12.9 Å². The Morgan fingerprint density at radius 3 is 2.27 bits per heavy atom. The minimum Gasteiger partial charge on any atom is -0.490 e. The molecule has 174 valence electrons. The lowest BCUT2D eigenvalue weighted by atomic mass is 9.93. The Morgan fingerprint density at radius 1 is 0.879 bits per heavy atom. The molecule has 0 radical (unpaired) electrons. The number of hydrogen-bond acceptors (Lipinski definition) is 8. The number of esters is 1. The quantitative estimate of drug-likeness (QED) is 0.194. The molecule has 0 N–H and O–H groups in total. The van der Waals surface area contributed by atoms with Crippen molar-refractivity contribution in [1.82, 2.24) is 0 Å². The van der Waals surface area contributed by atoms with Crippen LogP contribution in [0.5, 0.6) is 5.75 Å². The highest BCUT2D eigenvalue weighted by Gasteiger charge is 2.21. The molecular weight excluding hydrogens is 428 g/mol. The first kappa shape index (κ1) is 24.0. The Kier molecular flexibility index (Phi) is 9.47. The van der Waals surface area contributed by atoms with E-state index < -0.39 is 0 Å². The van der Waals surface area contributed by atoms with E-state index in [0.717, 1.165) is 11.1 Å². The second-order valence-corrected chi connectivity index (χ2v) is 7.20. The van der Waals surface area contributed by atoms with Crippen molar-refractivity contribution in [2.45, 2.75) is 18.9 Å². The van der Waals surface area contributed by atoms with Crippen LogP contribution in [0, 0.1) is 5.92 Å². The lowest BCUT2D eigenvalue weighted by Crippen LogP contribution is -2.19. The molecule has 3 rings (SSSR count). The lowest BCUT2D eigenvalue weighted by Gasteiger charge is -2.19. The van der Waals surface area contributed by atoms with E-state index in [-0.39, 0.29) is 31.2 Å². The zero-order valence-corrected chi connectivity index (χ0v) is 18.1. The number of rotatable bonds is 13. The highest BCUT2D eigenvalue weighted by atomic mass is 16.6. The standard InChI is InChI=1S/C25H26O8/c26-17-29-13-15-31-22-7-5-20(6-8-22)19-1-3-21(4-2-19)25(28)33-24-11-9-23(10-12-24)32-16-14-30-18-27/h1-3,5-9,11-12,17-18,21,23H,4,10,13-16H2. The zero-order chi connectivity index (χ0) is 23.3. The zero-order valence-electron chi connectivity index (χ0n) is 18.1. The highest BCUT2D eigenvalue weighted by Crippen LogP contribution is 2.27. The summed E-state index contributed by atoms with van der Waals surface area (Å²) >= 11 is 0. The van der Waals surface area contributed by atoms with Gasteiger partial charge in [-0.25, -0.2) is 0 Å². The predicted octanol–water partition coefficient (Wildman–Crippen LogP) is 3.14. The van der Waals surface area contributed by atoms with Crippen molar-refractivity contribution < 1.29 is 38.1 Å². The van der Waals surface area contributed by atoms with Crippen LogP contribution in [-0.2, 0) is 33.3 Å². The molecule has 8 heteroatoms. The summed E-state index contributed by atoms with van der Waals surface area (Å²) in [4.78, 5) is 32.7. The van der Waals surface area contributed by atoms with Gasteiger partial charge in [-0.1, -0.05) is 36.4 Å². The summed E-state index contributed by atoms with van der Waals surface area (Å²) in [5.41, 5.74) is 2.03. The minimum atomic E-state index is -0.349. The van der Waals surface area contributed by atoms with Crippen molar-refractivity contribution in [1.29, 1.82) is 0 Å². The molecule has 2 aliphatic carbocycles. The molecule has 0 bridgehead atoms. The third-order valence-electron chi connectivity index (χ3n) is 4.97. The fourth-order valence-corrected chi connectivity index (χ4v) is 3.28. The Bertz CT molecular complexity index is 926. The topological polar surface area (TPSA) is 97.4 Å². The van der Waals surface area contributed by atoms with Crippen molar-refractivity contribution in [3.05, 3.63) is 72.0 Å². The first-order valence-electron chi connectivity index (χ1n) is 10.6. The smallest absolute Gasteiger partial charge is 0.318 e. The molecule has 2 aliphatic rings. The summed E-state index contributed by atoms with van der Waals surface area (Å²) in [5.74, 6) is 0.530. The normalized spacial score (nSPS) is 19.2. The van der Waals surface area contributed by atoms with Gasteiger partial charge in [0.1, 0.15) is 31.3 Å². The molecule has 1 aromatic rings. The predicted molar refractivity (Wildman–Crippen MR) is 119 cm³/mol. The number of allylic oxidation sites excluding steroid dienone is 4. The fourth-order valence-electron chi connectivity index (χ4n) is 3.28. The first-order valence-corrected chi connectivity index (χ1v) is 10.6. The molecule has 2 unspecified atom stereocenters. The van der Waals surface area contributed by atoms with Gasteiger partial charge in [-0.05, 0) is 48.3 Å². The molecule has 1 aromatic carbocycles. The van der Waals surface area contributed by atoms with Crippen LogP contribution < -0.4 is 4.74 Å². The van der Waals surface area contributed by atoms with Gasteiger partial charge in [0.15, 0.2) is 0 Å². The largest absolute Gasteiger partial charge is 0.490 e. The Balaban J connectivity index is 1.42. The minimum absolute atomic E-state index is 0.135. The molecule has 0 aliphatic heterocycles. The van der Waals surface area contributed by atoms with E-state index >= 15 is 0 Å². The van der Waals surface area contributed by atoms with Crippen LogP contribution in [0.1, 0.15) is 18.4 Å². The third-order valence-corrected chi connectivity index (χ3v) is 4.97. The van der Waals surface area contributed by atoms with Gasteiger partial charge in [0, 0.05) is 0 Å². The average molecular weight is 454 g/mol. The highest BCUT2D eigenvalue weighted by molar-refractivity contribution is 5.81. The molecule has 0 aromatic heterocycles. The van der Waals surface area contributed by atoms with Crippen LogP contribution in [0.3, 0.4) is 0 Å². The van der Waals surface area contributed by atoms with E-state index in [9.17, 15) is 14.4 Å². The number of benzene rings is 1. The SMILES string of the molecule is O=COCCOc1ccc(C2=CCC(C(=O)OC3=CCC(OCCOC=O)C=C3)C=C2)cc1. The van der Waals surface area contributed by atoms with E-state index in [1.54, 1.807) is 6.08 Å². The average Bonchev–Trinajstić information content (AvgIpc) is 2.86. The second kappa shape index (κ2) is 13.0. The van der Waals surface area contributed by atoms with Crippen molar-refractivity contribution >= 4 is 24.5 Å². The molecule has 33 heavy (non-hydrogen) atoms. The van der Waals surface area contributed by atoms with Gasteiger partial charge in [0.2, 0.25) is 0 Å². The van der Waals surface area contributed by atoms with Crippen LogP contribution >= 0.6 is 0 Å². The summed E-state index contributed by atoms with van der Waals surface area (Å²) < 4.78 is 25.7. The van der Waals surface area contributed by atoms with Gasteiger partial charge >= 0.3 is 5.97 Å². The maximum absolute atomic E-state index is 12.5. The van der Waals surface area contributed by atoms with E-state index in [2.05, 4.69) is 9.47 Å². The molecule has 0 saturated carbocycles. The van der Waals surface area contributed by atoms with Crippen molar-refractivity contribution in [2.24, 2.45) is 5.92 Å². The van der Waals surface area contributed by atoms with E-state index in [4.69, 9.17) is 14.2 Å². The third kappa shape index (κ3) is 7.76. The van der Waals surface area contributed by atoms with E-state index in [1.807, 2.05) is 54.6 Å². The second-order valence-electron chi connectivity index (χ2n) is 7.20. The molecular formula is C25H26O8. The van der Waals surface area contributed by atoms with Crippen LogP contribution in [0.25, 0.3) is 5.57 Å². The van der Waals surface area contributed by atoms with Crippen molar-refractivity contribution in [3.63, 3.8) is 0 Å². The molecule has 0 spiro atoms. The molecule has 8 nitrogen and oxygen atoms in total. The summed E-state index contributed by atoms with van der Waals surface area (Å²) in [7, 11) is 0. The first-order chi connectivity index (χ1) is 16.2. The summed E-state index contributed by atoms with van der Waals surface area (Å²) in [6.07, 6.45) is 12.1. The van der Waals surface area contributed by atoms with E-state index in [1.165, 1.54) is 0 Å². The Labute approximate surface area is 192 Å². The van der Waals surface area contributed by atoms with Crippen LogP contribution in [0.15, 0.2) is 66.5 Å². The summed E-state index contributed by atoms with van der Waals surface area (Å²) in [6.45, 7) is 1.79. The van der Waals surface area contributed by atoms with Crippen LogP contribution in [0.2, 0.25) is 0 Å². The summed E-state index contributed by atoms with van der Waals surface area (Å²) in [5, 5.41) is 0. The molecule has 0 saturated heterocycles. The molecule has 2 atom stereocenters. The van der Waals surface area contributed by atoms with Crippen LogP contribution in [0.4, 0.5) is 0 Å². The fraction of sp³-hybridized carbons (Fsp3) is 0.320. The maximum atomic E-state index is 12.5. The number of carbonyl (C=O) groups excluding carboxylic acids is 3. The maximum Gasteiger partial charge on any atom is 0.318 e. The summed E-state index contributed by atoms with van der Waals surface area (Å²) in [6, 6.07) is 7.57. The number of ether oxygens (including phenoxy) is 5. The van der Waals surface area contributed by atoms with Gasteiger partial charge in [-0.15, -0.1) is 0 Å². The Hall–Kier alpha value is -3.65. The van der Waals surface area contributed by atoms with Crippen molar-refractivity contribution in [3.8, 4) is 5.75 Å². The van der Waals surface area contributed by atoms with Gasteiger partial charge < -0.3 is 23.7 Å². The van der Waals surface area contributed by atoms with Gasteiger partial charge in [-0.2, -0.15) is 0 Å². The molecule has 0 amide bonds. The molecule has 0 fully saturated rings. The van der Waals surface area contributed by atoms with Crippen molar-refractivity contribution in [2.75, 3.05) is 26.4 Å². The Morgan fingerprint density at radius 2 is 1.64 bits per heavy atom. The van der Waals surface area contributed by atoms with Gasteiger partial charge in [-0.3, -0.25) is 14.4 Å². The number of hydrogen-bond donors (Lipinski definition) is 0. The lowest BCUT2D eigenvalue weighted by molar-refractivity contribution is -0.142. The van der Waals surface area contributed by atoms with Crippen LogP contribution in [-0.4, -0.2) is 51.4 Å².